The van der Waals surface area contributed by atoms with E-state index in [1.165, 1.54) is 18.4 Å². The first-order chi connectivity index (χ1) is 9.75. The summed E-state index contributed by atoms with van der Waals surface area (Å²) in [6.07, 6.45) is 0. The quantitative estimate of drug-likeness (QED) is 0.857. The molecule has 2 N–H and O–H groups in total. The molecule has 21 heavy (non-hydrogen) atoms. The van der Waals surface area contributed by atoms with Gasteiger partial charge in [0.25, 0.3) is 0 Å². The van der Waals surface area contributed by atoms with Crippen molar-refractivity contribution in [1.82, 2.24) is 4.31 Å². The van der Waals surface area contributed by atoms with Crippen molar-refractivity contribution in [3.63, 3.8) is 0 Å². The first-order valence-electron chi connectivity index (χ1n) is 6.95. The Bertz CT molecular complexity index is 617. The average Bonchev–Trinajstić information content (AvgIpc) is 2.42. The minimum atomic E-state index is -3.44. The zero-order chi connectivity index (χ0) is 15.8. The van der Waals surface area contributed by atoms with Crippen molar-refractivity contribution in [3.8, 4) is 0 Å². The Morgan fingerprint density at radius 3 is 2.57 bits per heavy atom. The summed E-state index contributed by atoms with van der Waals surface area (Å²) < 4.78 is 25.5. The maximum Gasteiger partial charge on any atom is 0.242 e. The van der Waals surface area contributed by atoms with E-state index in [2.05, 4.69) is 18.7 Å². The summed E-state index contributed by atoms with van der Waals surface area (Å²) >= 11 is 1.96. The molecule has 2 atom stereocenters. The lowest BCUT2D eigenvalue weighted by atomic mass is 10.1. The van der Waals surface area contributed by atoms with Gasteiger partial charge in [0.05, 0.1) is 16.3 Å². The van der Waals surface area contributed by atoms with Crippen molar-refractivity contribution in [1.29, 1.82) is 0 Å². The molecule has 1 heterocycles. The Labute approximate surface area is 131 Å². The number of rotatable bonds is 3. The van der Waals surface area contributed by atoms with Crippen molar-refractivity contribution < 1.29 is 8.42 Å². The molecule has 1 aromatic carbocycles. The van der Waals surface area contributed by atoms with E-state index in [1.54, 1.807) is 12.1 Å². The van der Waals surface area contributed by atoms with Crippen LogP contribution in [-0.4, -0.2) is 50.4 Å². The van der Waals surface area contributed by atoms with Crippen molar-refractivity contribution in [2.24, 2.45) is 0 Å². The highest BCUT2D eigenvalue weighted by Gasteiger charge is 2.27. The van der Waals surface area contributed by atoms with Gasteiger partial charge in [-0.25, -0.2) is 12.7 Å². The van der Waals surface area contributed by atoms with Crippen LogP contribution in [0.25, 0.3) is 0 Å². The van der Waals surface area contributed by atoms with Gasteiger partial charge in [0.1, 0.15) is 0 Å². The summed E-state index contributed by atoms with van der Waals surface area (Å²) in [7, 11) is -0.403. The maximum absolute atomic E-state index is 12.1. The number of nitrogen functional groups attached to an aromatic ring is 1. The van der Waals surface area contributed by atoms with Crippen molar-refractivity contribution in [3.05, 3.63) is 18.2 Å². The number of sulfonamides is 1. The van der Waals surface area contributed by atoms with Crippen LogP contribution in [0.5, 0.6) is 0 Å². The number of thioether (sulfide) groups is 1. The summed E-state index contributed by atoms with van der Waals surface area (Å²) in [5.74, 6) is 1.06. The van der Waals surface area contributed by atoms with Crippen LogP contribution in [0.3, 0.4) is 0 Å². The Morgan fingerprint density at radius 1 is 1.33 bits per heavy atom. The Balaban J connectivity index is 2.36. The molecule has 1 aliphatic heterocycles. The van der Waals surface area contributed by atoms with Crippen molar-refractivity contribution >= 4 is 33.2 Å². The molecule has 0 aliphatic carbocycles. The summed E-state index contributed by atoms with van der Waals surface area (Å²) in [4.78, 5) is 2.50. The molecule has 0 spiro atoms. The first-order valence-corrected chi connectivity index (χ1v) is 9.44. The van der Waals surface area contributed by atoms with E-state index >= 15 is 0 Å². The summed E-state index contributed by atoms with van der Waals surface area (Å²) in [6.45, 7) is 5.32. The van der Waals surface area contributed by atoms with Gasteiger partial charge < -0.3 is 10.6 Å². The monoisotopic (exact) mass is 329 g/mol. The van der Waals surface area contributed by atoms with Crippen LogP contribution in [0.4, 0.5) is 11.4 Å². The second kappa shape index (κ2) is 6.06. The Kier molecular flexibility index (Phi) is 4.75. The number of anilines is 2. The van der Waals surface area contributed by atoms with Gasteiger partial charge in [-0.2, -0.15) is 11.8 Å². The minimum Gasteiger partial charge on any atom is -0.397 e. The Morgan fingerprint density at radius 2 is 2.00 bits per heavy atom. The molecule has 2 rings (SSSR count). The summed E-state index contributed by atoms with van der Waals surface area (Å²) in [5.41, 5.74) is 7.57. The molecule has 0 aromatic heterocycles. The molecule has 0 saturated carbocycles. The number of nitrogens with zero attached hydrogens (tertiary/aromatic N) is 2. The van der Waals surface area contributed by atoms with Crippen LogP contribution in [0.1, 0.15) is 13.8 Å². The highest BCUT2D eigenvalue weighted by Crippen LogP contribution is 2.33. The van der Waals surface area contributed by atoms with Crippen LogP contribution in [0.15, 0.2) is 23.1 Å². The number of benzene rings is 1. The lowest BCUT2D eigenvalue weighted by Gasteiger charge is -2.39. The van der Waals surface area contributed by atoms with E-state index in [0.29, 0.717) is 17.0 Å². The van der Waals surface area contributed by atoms with Crippen LogP contribution in [0, 0.1) is 0 Å². The standard InChI is InChI=1S/C14H23N3O2S2/c1-10-11(2)20-8-7-17(10)14-6-5-12(9-13(14)15)21(18,19)16(3)4/h5-6,9-11H,7-8,15H2,1-4H3. The van der Waals surface area contributed by atoms with Crippen LogP contribution >= 0.6 is 11.8 Å². The third kappa shape index (κ3) is 3.14. The van der Waals surface area contributed by atoms with E-state index in [-0.39, 0.29) is 4.90 Å². The van der Waals surface area contributed by atoms with E-state index in [0.717, 1.165) is 18.0 Å². The average molecular weight is 329 g/mol. The van der Waals surface area contributed by atoms with E-state index in [9.17, 15) is 8.42 Å². The highest BCUT2D eigenvalue weighted by molar-refractivity contribution is 8.00. The molecule has 1 saturated heterocycles. The smallest absolute Gasteiger partial charge is 0.242 e. The fourth-order valence-electron chi connectivity index (χ4n) is 2.44. The van der Waals surface area contributed by atoms with Crippen molar-refractivity contribution in [2.45, 2.75) is 30.0 Å². The number of nitrogens with two attached hydrogens (primary N) is 1. The normalized spacial score (nSPS) is 23.6. The summed E-state index contributed by atoms with van der Waals surface area (Å²) in [5, 5.41) is 0.531. The van der Waals surface area contributed by atoms with E-state index in [1.807, 2.05) is 17.8 Å². The van der Waals surface area contributed by atoms with Gasteiger partial charge >= 0.3 is 0 Å². The number of hydrogen-bond donors (Lipinski definition) is 1. The number of hydrogen-bond acceptors (Lipinski definition) is 5. The van der Waals surface area contributed by atoms with Gasteiger partial charge in [-0.15, -0.1) is 0 Å². The van der Waals surface area contributed by atoms with Gasteiger partial charge in [0.2, 0.25) is 10.0 Å². The molecule has 0 radical (unpaired) electrons. The summed E-state index contributed by atoms with van der Waals surface area (Å²) in [6, 6.07) is 5.40. The van der Waals surface area contributed by atoms with Crippen LogP contribution < -0.4 is 10.6 Å². The third-order valence-electron chi connectivity index (χ3n) is 3.97. The van der Waals surface area contributed by atoms with Crippen LogP contribution in [-0.2, 0) is 10.0 Å². The zero-order valence-electron chi connectivity index (χ0n) is 12.9. The molecule has 1 fully saturated rings. The lowest BCUT2D eigenvalue weighted by Crippen LogP contribution is -2.45. The molecule has 0 bridgehead atoms. The molecule has 2 unspecified atom stereocenters. The van der Waals surface area contributed by atoms with Gasteiger partial charge in [-0.1, -0.05) is 6.92 Å². The highest BCUT2D eigenvalue weighted by atomic mass is 32.2. The van der Waals surface area contributed by atoms with Gasteiger partial charge in [0.15, 0.2) is 0 Å². The van der Waals surface area contributed by atoms with Crippen LogP contribution in [0.2, 0.25) is 0 Å². The molecule has 118 valence electrons. The molecule has 1 aromatic rings. The second-order valence-electron chi connectivity index (χ2n) is 5.52. The van der Waals surface area contributed by atoms with E-state index < -0.39 is 10.0 Å². The largest absolute Gasteiger partial charge is 0.397 e. The predicted octanol–water partition coefficient (Wildman–Crippen LogP) is 1.85. The topological polar surface area (TPSA) is 66.6 Å². The molecular formula is C14H23N3O2S2. The first kappa shape index (κ1) is 16.5. The van der Waals surface area contributed by atoms with Gasteiger partial charge in [0, 0.05) is 37.7 Å². The SMILES string of the molecule is CC1SCCN(c2ccc(S(=O)(=O)N(C)C)cc2N)C1C. The Hall–Kier alpha value is -0.920. The lowest BCUT2D eigenvalue weighted by molar-refractivity contribution is 0.521. The molecule has 1 aliphatic rings. The van der Waals surface area contributed by atoms with Gasteiger partial charge in [-0.05, 0) is 25.1 Å². The minimum absolute atomic E-state index is 0.237. The van der Waals surface area contributed by atoms with Gasteiger partial charge in [-0.3, -0.25) is 0 Å². The van der Waals surface area contributed by atoms with E-state index in [4.69, 9.17) is 5.73 Å². The molecule has 5 nitrogen and oxygen atoms in total. The molecule has 7 heteroatoms. The maximum atomic E-state index is 12.1. The molecule has 0 amide bonds. The fraction of sp³-hybridized carbons (Fsp3) is 0.571. The zero-order valence-corrected chi connectivity index (χ0v) is 14.5. The van der Waals surface area contributed by atoms with Crippen molar-refractivity contribution in [2.75, 3.05) is 37.0 Å². The predicted molar refractivity (Wildman–Crippen MR) is 90.5 cm³/mol. The second-order valence-corrected chi connectivity index (χ2v) is 9.15. The fourth-order valence-corrected chi connectivity index (χ4v) is 4.48. The molecular weight excluding hydrogens is 306 g/mol. The third-order valence-corrected chi connectivity index (χ3v) is 7.12.